The van der Waals surface area contributed by atoms with Crippen LogP contribution in [0.3, 0.4) is 0 Å². The molecule has 0 aromatic rings. The Balaban J connectivity index is 2.33. The van der Waals surface area contributed by atoms with Crippen molar-refractivity contribution in [3.63, 3.8) is 0 Å². The van der Waals surface area contributed by atoms with Crippen LogP contribution in [0.2, 0.25) is 0 Å². The van der Waals surface area contributed by atoms with E-state index in [1.165, 1.54) is 19.3 Å². The van der Waals surface area contributed by atoms with E-state index in [2.05, 4.69) is 45.9 Å². The van der Waals surface area contributed by atoms with Gasteiger partial charge in [0.1, 0.15) is 0 Å². The van der Waals surface area contributed by atoms with Gasteiger partial charge in [-0.25, -0.2) is 0 Å². The zero-order chi connectivity index (χ0) is 11.1. The molecular weight excluding hydrogens is 180 g/mol. The first-order valence-corrected chi connectivity index (χ1v) is 6.40. The van der Waals surface area contributed by atoms with Gasteiger partial charge < -0.3 is 0 Å². The van der Waals surface area contributed by atoms with Crippen LogP contribution in [0.15, 0.2) is 23.8 Å². The molecule has 0 saturated heterocycles. The molecule has 2 rings (SSSR count). The Hall–Kier alpha value is -0.520. The number of rotatable bonds is 0. The quantitative estimate of drug-likeness (QED) is 0.507. The third-order valence-electron chi connectivity index (χ3n) is 4.04. The molecule has 0 aliphatic heterocycles. The summed E-state index contributed by atoms with van der Waals surface area (Å²) >= 11 is 0. The lowest BCUT2D eigenvalue weighted by Gasteiger charge is -2.26. The SMILES string of the molecule is C[C@@H]1C=CC(C)(C)C=C2[C@@H](CC[C@@H]2C)C1. The fourth-order valence-corrected chi connectivity index (χ4v) is 3.12. The van der Waals surface area contributed by atoms with Gasteiger partial charge in [-0.05, 0) is 37.0 Å². The highest BCUT2D eigenvalue weighted by molar-refractivity contribution is 5.23. The Morgan fingerprint density at radius 3 is 2.67 bits per heavy atom. The fourth-order valence-electron chi connectivity index (χ4n) is 3.12. The lowest BCUT2D eigenvalue weighted by molar-refractivity contribution is 0.473. The van der Waals surface area contributed by atoms with E-state index in [1.54, 1.807) is 5.57 Å². The highest BCUT2D eigenvalue weighted by atomic mass is 14.4. The van der Waals surface area contributed by atoms with Crippen LogP contribution in [0.1, 0.15) is 47.0 Å². The van der Waals surface area contributed by atoms with Gasteiger partial charge >= 0.3 is 0 Å². The molecule has 3 atom stereocenters. The summed E-state index contributed by atoms with van der Waals surface area (Å²) in [5.74, 6) is 2.45. The lowest BCUT2D eigenvalue weighted by Crippen LogP contribution is -2.14. The third kappa shape index (κ3) is 2.35. The molecule has 0 heteroatoms. The second kappa shape index (κ2) is 3.81. The van der Waals surface area contributed by atoms with Crippen LogP contribution in [0.5, 0.6) is 0 Å². The normalized spacial score (nSPS) is 39.2. The molecule has 0 spiro atoms. The predicted octanol–water partition coefficient (Wildman–Crippen LogP) is 4.58. The van der Waals surface area contributed by atoms with Gasteiger partial charge in [-0.1, -0.05) is 51.5 Å². The van der Waals surface area contributed by atoms with E-state index in [0.29, 0.717) is 0 Å². The van der Waals surface area contributed by atoms with E-state index < -0.39 is 0 Å². The minimum Gasteiger partial charge on any atom is -0.0848 e. The second-order valence-electron chi connectivity index (χ2n) is 6.21. The first kappa shape index (κ1) is 11.0. The Morgan fingerprint density at radius 2 is 1.93 bits per heavy atom. The second-order valence-corrected chi connectivity index (χ2v) is 6.21. The molecule has 1 fully saturated rings. The predicted molar refractivity (Wildman–Crippen MR) is 66.7 cm³/mol. The maximum atomic E-state index is 2.54. The molecule has 0 unspecified atom stereocenters. The Morgan fingerprint density at radius 1 is 1.20 bits per heavy atom. The molecule has 0 radical (unpaired) electrons. The third-order valence-corrected chi connectivity index (χ3v) is 4.04. The van der Waals surface area contributed by atoms with Gasteiger partial charge in [-0.3, -0.25) is 0 Å². The highest BCUT2D eigenvalue weighted by Crippen LogP contribution is 2.43. The van der Waals surface area contributed by atoms with Crippen molar-refractivity contribution in [1.82, 2.24) is 0 Å². The summed E-state index contributed by atoms with van der Waals surface area (Å²) in [6.07, 6.45) is 11.5. The fraction of sp³-hybridized carbons (Fsp3) is 0.733. The Kier molecular flexibility index (Phi) is 2.79. The summed E-state index contributed by atoms with van der Waals surface area (Å²) in [6, 6.07) is 0. The van der Waals surface area contributed by atoms with E-state index >= 15 is 0 Å². The minimum atomic E-state index is 0.265. The lowest BCUT2D eigenvalue weighted by atomic mass is 9.79. The number of allylic oxidation sites excluding steroid dienone is 4. The summed E-state index contributed by atoms with van der Waals surface area (Å²) in [7, 11) is 0. The van der Waals surface area contributed by atoms with Crippen molar-refractivity contribution in [2.45, 2.75) is 47.0 Å². The molecule has 0 N–H and O–H groups in total. The van der Waals surface area contributed by atoms with Crippen LogP contribution in [0.25, 0.3) is 0 Å². The van der Waals surface area contributed by atoms with E-state index in [1.807, 2.05) is 0 Å². The van der Waals surface area contributed by atoms with Crippen molar-refractivity contribution in [1.29, 1.82) is 0 Å². The maximum absolute atomic E-state index is 2.54. The molecule has 0 aromatic carbocycles. The van der Waals surface area contributed by atoms with Crippen molar-refractivity contribution in [3.05, 3.63) is 23.8 Å². The smallest absolute Gasteiger partial charge is 0.000738 e. The van der Waals surface area contributed by atoms with Crippen molar-refractivity contribution in [3.8, 4) is 0 Å². The van der Waals surface area contributed by atoms with Crippen molar-refractivity contribution in [2.24, 2.45) is 23.2 Å². The van der Waals surface area contributed by atoms with Crippen LogP contribution >= 0.6 is 0 Å². The first-order valence-electron chi connectivity index (χ1n) is 6.40. The summed E-state index contributed by atoms with van der Waals surface area (Å²) in [6.45, 7) is 9.42. The Labute approximate surface area is 94.5 Å². The van der Waals surface area contributed by atoms with Gasteiger partial charge in [0.25, 0.3) is 0 Å². The molecule has 84 valence electrons. The summed E-state index contributed by atoms with van der Waals surface area (Å²) < 4.78 is 0. The van der Waals surface area contributed by atoms with Gasteiger partial charge in [-0.15, -0.1) is 0 Å². The topological polar surface area (TPSA) is 0 Å². The van der Waals surface area contributed by atoms with Crippen LogP contribution in [-0.2, 0) is 0 Å². The average molecular weight is 204 g/mol. The molecule has 0 amide bonds. The molecule has 0 heterocycles. The van der Waals surface area contributed by atoms with E-state index in [0.717, 1.165) is 17.8 Å². The summed E-state index contributed by atoms with van der Waals surface area (Å²) in [5, 5.41) is 0. The average Bonchev–Trinajstić information content (AvgIpc) is 2.44. The molecule has 15 heavy (non-hydrogen) atoms. The molecule has 2 aliphatic carbocycles. The van der Waals surface area contributed by atoms with Gasteiger partial charge in [-0.2, -0.15) is 0 Å². The molecular formula is C15H24. The van der Waals surface area contributed by atoms with E-state index in [-0.39, 0.29) is 5.41 Å². The van der Waals surface area contributed by atoms with E-state index in [9.17, 15) is 0 Å². The van der Waals surface area contributed by atoms with E-state index in [4.69, 9.17) is 0 Å². The van der Waals surface area contributed by atoms with Crippen molar-refractivity contribution < 1.29 is 0 Å². The zero-order valence-corrected chi connectivity index (χ0v) is 10.6. The molecule has 0 nitrogen and oxygen atoms in total. The largest absolute Gasteiger partial charge is 0.0848 e. The molecule has 0 bridgehead atoms. The summed E-state index contributed by atoms with van der Waals surface area (Å²) in [5.41, 5.74) is 2.01. The van der Waals surface area contributed by atoms with Crippen LogP contribution < -0.4 is 0 Å². The molecule has 2 aliphatic rings. The van der Waals surface area contributed by atoms with Gasteiger partial charge in [0.05, 0.1) is 0 Å². The standard InChI is InChI=1S/C15H24/c1-11-7-8-15(3,4)10-14-12(2)5-6-13(14)9-11/h7-8,10-13H,5-6,9H2,1-4H3/t11-,12+,13+/m1/s1. The Bertz CT molecular complexity index is 293. The van der Waals surface area contributed by atoms with Gasteiger partial charge in [0.15, 0.2) is 0 Å². The summed E-state index contributed by atoms with van der Waals surface area (Å²) in [4.78, 5) is 0. The monoisotopic (exact) mass is 204 g/mol. The van der Waals surface area contributed by atoms with Crippen molar-refractivity contribution >= 4 is 0 Å². The molecule has 0 aromatic heterocycles. The minimum absolute atomic E-state index is 0.265. The van der Waals surface area contributed by atoms with Crippen molar-refractivity contribution in [2.75, 3.05) is 0 Å². The van der Waals surface area contributed by atoms with Crippen LogP contribution in [-0.4, -0.2) is 0 Å². The highest BCUT2D eigenvalue weighted by Gasteiger charge is 2.30. The first-order chi connectivity index (χ1) is 6.98. The zero-order valence-electron chi connectivity index (χ0n) is 10.6. The van der Waals surface area contributed by atoms with Gasteiger partial charge in [0, 0.05) is 5.41 Å². The number of fused-ring (bicyclic) bond motifs is 1. The maximum Gasteiger partial charge on any atom is 0.000738 e. The molecule has 1 saturated carbocycles. The number of hydrogen-bond acceptors (Lipinski definition) is 0. The van der Waals surface area contributed by atoms with Crippen LogP contribution in [0.4, 0.5) is 0 Å². The van der Waals surface area contributed by atoms with Crippen LogP contribution in [0, 0.1) is 23.2 Å². The number of hydrogen-bond donors (Lipinski definition) is 0. The van der Waals surface area contributed by atoms with Gasteiger partial charge in [0.2, 0.25) is 0 Å².